The molecule has 0 aliphatic rings. The molecule has 2 aromatic carbocycles. The zero-order valence-corrected chi connectivity index (χ0v) is 16.3. The largest absolute Gasteiger partial charge is 0.496 e. The minimum atomic E-state index is -3.72. The molecule has 0 heterocycles. The van der Waals surface area contributed by atoms with E-state index < -0.39 is 10.0 Å². The topological polar surface area (TPSA) is 46.6 Å². The highest BCUT2D eigenvalue weighted by molar-refractivity contribution is 9.10. The van der Waals surface area contributed by atoms with Crippen molar-refractivity contribution in [1.29, 1.82) is 0 Å². The summed E-state index contributed by atoms with van der Waals surface area (Å²) >= 11 is 3.34. The van der Waals surface area contributed by atoms with Gasteiger partial charge in [-0.05, 0) is 71.2 Å². The van der Waals surface area contributed by atoms with E-state index in [1.807, 2.05) is 32.0 Å². The van der Waals surface area contributed by atoms with Gasteiger partial charge in [-0.2, -0.15) is 0 Å². The van der Waals surface area contributed by atoms with Crippen LogP contribution in [0, 0.1) is 13.8 Å². The van der Waals surface area contributed by atoms with Crippen molar-refractivity contribution in [2.45, 2.75) is 18.7 Å². The summed E-state index contributed by atoms with van der Waals surface area (Å²) in [5.74, 6) is 0.579. The predicted molar refractivity (Wildman–Crippen MR) is 101 cm³/mol. The molecule has 2 rings (SSSR count). The van der Waals surface area contributed by atoms with Gasteiger partial charge < -0.3 is 4.74 Å². The molecule has 0 spiro atoms. The molecule has 0 atom stereocenters. The van der Waals surface area contributed by atoms with Gasteiger partial charge in [-0.15, -0.1) is 6.58 Å². The standard InChI is InChI=1S/C18H20BrNO3S/c1-5-8-20(15-10-13(2)9-14(3)11-15)24(21,22)16-6-7-18(23-4)17(19)12-16/h5-7,9-12H,1,8H2,2-4H3. The molecule has 0 N–H and O–H groups in total. The van der Waals surface area contributed by atoms with Gasteiger partial charge in [0.1, 0.15) is 5.75 Å². The van der Waals surface area contributed by atoms with Crippen LogP contribution in [-0.2, 0) is 10.0 Å². The Morgan fingerprint density at radius 1 is 1.17 bits per heavy atom. The molecular formula is C18H20BrNO3S. The molecule has 0 fully saturated rings. The van der Waals surface area contributed by atoms with E-state index in [0.717, 1.165) is 11.1 Å². The van der Waals surface area contributed by atoms with Gasteiger partial charge in [-0.3, -0.25) is 4.31 Å². The van der Waals surface area contributed by atoms with Gasteiger partial charge in [0.2, 0.25) is 0 Å². The lowest BCUT2D eigenvalue weighted by Gasteiger charge is -2.24. The zero-order chi connectivity index (χ0) is 17.9. The Kier molecular flexibility index (Phi) is 5.72. The fourth-order valence-electron chi connectivity index (χ4n) is 2.49. The van der Waals surface area contributed by atoms with Crippen molar-refractivity contribution in [2.75, 3.05) is 18.0 Å². The highest BCUT2D eigenvalue weighted by atomic mass is 79.9. The Bertz CT molecular complexity index is 842. The van der Waals surface area contributed by atoms with Crippen LogP contribution >= 0.6 is 15.9 Å². The van der Waals surface area contributed by atoms with Crippen LogP contribution < -0.4 is 9.04 Å². The Labute approximate surface area is 151 Å². The van der Waals surface area contributed by atoms with Crippen molar-refractivity contribution in [2.24, 2.45) is 0 Å². The lowest BCUT2D eigenvalue weighted by Crippen LogP contribution is -2.31. The second-order valence-corrected chi connectivity index (χ2v) is 8.18. The summed E-state index contributed by atoms with van der Waals surface area (Å²) in [7, 11) is -2.19. The molecule has 4 nitrogen and oxygen atoms in total. The van der Waals surface area contributed by atoms with E-state index in [4.69, 9.17) is 4.74 Å². The van der Waals surface area contributed by atoms with E-state index in [0.29, 0.717) is 15.9 Å². The molecule has 0 saturated carbocycles. The number of rotatable bonds is 6. The van der Waals surface area contributed by atoms with Gasteiger partial charge in [-0.25, -0.2) is 8.42 Å². The van der Waals surface area contributed by atoms with Gasteiger partial charge in [0, 0.05) is 0 Å². The highest BCUT2D eigenvalue weighted by Gasteiger charge is 2.25. The van der Waals surface area contributed by atoms with Crippen LogP contribution in [0.2, 0.25) is 0 Å². The zero-order valence-electron chi connectivity index (χ0n) is 13.9. The molecule has 0 aliphatic heterocycles. The third-order valence-electron chi connectivity index (χ3n) is 3.50. The summed E-state index contributed by atoms with van der Waals surface area (Å²) in [6, 6.07) is 10.4. The Hall–Kier alpha value is -1.79. The Balaban J connectivity index is 2.56. The normalized spacial score (nSPS) is 11.2. The second-order valence-electron chi connectivity index (χ2n) is 5.47. The molecule has 0 aliphatic carbocycles. The van der Waals surface area contributed by atoms with Gasteiger partial charge in [0.15, 0.2) is 0 Å². The van der Waals surface area contributed by atoms with Crippen LogP contribution in [0.15, 0.2) is 58.4 Å². The molecule has 0 aromatic heterocycles. The van der Waals surface area contributed by atoms with Crippen LogP contribution in [0.4, 0.5) is 5.69 Å². The van der Waals surface area contributed by atoms with E-state index in [2.05, 4.69) is 22.5 Å². The van der Waals surface area contributed by atoms with Crippen molar-refractivity contribution in [1.82, 2.24) is 0 Å². The van der Waals surface area contributed by atoms with Crippen LogP contribution in [0.5, 0.6) is 5.75 Å². The predicted octanol–water partition coefficient (Wildman–Crippen LogP) is 4.46. The maximum atomic E-state index is 13.1. The minimum absolute atomic E-state index is 0.189. The molecule has 0 amide bonds. The SMILES string of the molecule is C=CCN(c1cc(C)cc(C)c1)S(=O)(=O)c1ccc(OC)c(Br)c1. The molecule has 6 heteroatoms. The lowest BCUT2D eigenvalue weighted by molar-refractivity contribution is 0.411. The summed E-state index contributed by atoms with van der Waals surface area (Å²) in [5.41, 5.74) is 2.63. The number of nitrogens with zero attached hydrogens (tertiary/aromatic N) is 1. The number of benzene rings is 2. The smallest absolute Gasteiger partial charge is 0.264 e. The first kappa shape index (κ1) is 18.5. The first-order chi connectivity index (χ1) is 11.3. The number of aryl methyl sites for hydroxylation is 2. The number of hydrogen-bond acceptors (Lipinski definition) is 3. The molecule has 24 heavy (non-hydrogen) atoms. The van der Waals surface area contributed by atoms with Crippen LogP contribution in [0.25, 0.3) is 0 Å². The minimum Gasteiger partial charge on any atom is -0.496 e. The molecular weight excluding hydrogens is 390 g/mol. The number of anilines is 1. The second kappa shape index (κ2) is 7.40. The van der Waals surface area contributed by atoms with Crippen LogP contribution in [0.3, 0.4) is 0 Å². The first-order valence-electron chi connectivity index (χ1n) is 7.35. The van der Waals surface area contributed by atoms with E-state index in [1.54, 1.807) is 18.2 Å². The Morgan fingerprint density at radius 3 is 2.29 bits per heavy atom. The number of ether oxygens (including phenoxy) is 1. The number of halogens is 1. The number of hydrogen-bond donors (Lipinski definition) is 0. The van der Waals surface area contributed by atoms with E-state index in [9.17, 15) is 8.42 Å². The summed E-state index contributed by atoms with van der Waals surface area (Å²) < 4.78 is 33.3. The average molecular weight is 410 g/mol. The van der Waals surface area contributed by atoms with Crippen molar-refractivity contribution < 1.29 is 13.2 Å². The summed E-state index contributed by atoms with van der Waals surface area (Å²) in [6.45, 7) is 7.76. The van der Waals surface area contributed by atoms with E-state index in [1.165, 1.54) is 17.5 Å². The van der Waals surface area contributed by atoms with Crippen molar-refractivity contribution in [3.8, 4) is 5.75 Å². The molecule has 0 saturated heterocycles. The molecule has 0 radical (unpaired) electrons. The first-order valence-corrected chi connectivity index (χ1v) is 9.58. The summed E-state index contributed by atoms with van der Waals surface area (Å²) in [6.07, 6.45) is 1.58. The number of methoxy groups -OCH3 is 1. The maximum absolute atomic E-state index is 13.1. The molecule has 128 valence electrons. The lowest BCUT2D eigenvalue weighted by atomic mass is 10.1. The monoisotopic (exact) mass is 409 g/mol. The van der Waals surface area contributed by atoms with Crippen LogP contribution in [0.1, 0.15) is 11.1 Å². The van der Waals surface area contributed by atoms with Crippen molar-refractivity contribution in [3.05, 3.63) is 64.7 Å². The summed E-state index contributed by atoms with van der Waals surface area (Å²) in [4.78, 5) is 0.191. The average Bonchev–Trinajstić information content (AvgIpc) is 2.51. The Morgan fingerprint density at radius 2 is 1.79 bits per heavy atom. The van der Waals surface area contributed by atoms with Crippen molar-refractivity contribution >= 4 is 31.6 Å². The molecule has 0 unspecified atom stereocenters. The molecule has 2 aromatic rings. The van der Waals surface area contributed by atoms with Gasteiger partial charge in [0.05, 0.1) is 28.7 Å². The fraction of sp³-hybridized carbons (Fsp3) is 0.222. The van der Waals surface area contributed by atoms with Gasteiger partial charge in [0.25, 0.3) is 10.0 Å². The van der Waals surface area contributed by atoms with E-state index >= 15 is 0 Å². The molecule has 0 bridgehead atoms. The fourth-order valence-corrected chi connectivity index (χ4v) is 4.63. The van der Waals surface area contributed by atoms with Crippen molar-refractivity contribution in [3.63, 3.8) is 0 Å². The third kappa shape index (κ3) is 3.82. The van der Waals surface area contributed by atoms with E-state index in [-0.39, 0.29) is 11.4 Å². The highest BCUT2D eigenvalue weighted by Crippen LogP contribution is 2.31. The quantitative estimate of drug-likeness (QED) is 0.661. The van der Waals surface area contributed by atoms with Gasteiger partial charge in [-0.1, -0.05) is 12.1 Å². The maximum Gasteiger partial charge on any atom is 0.264 e. The number of sulfonamides is 1. The summed E-state index contributed by atoms with van der Waals surface area (Å²) in [5, 5.41) is 0. The third-order valence-corrected chi connectivity index (χ3v) is 5.91. The van der Waals surface area contributed by atoms with Crippen LogP contribution in [-0.4, -0.2) is 22.1 Å². The van der Waals surface area contributed by atoms with Gasteiger partial charge >= 0.3 is 0 Å².